The van der Waals surface area contributed by atoms with E-state index in [2.05, 4.69) is 4.90 Å². The molecular formula is C19H24N2O3S. The number of benzene rings is 2. The topological polar surface area (TPSA) is 60.9 Å². The number of hydrogen-bond donors (Lipinski definition) is 1. The highest BCUT2D eigenvalue weighted by atomic mass is 32.2. The Balaban J connectivity index is 1.53. The average molecular weight is 360 g/mol. The molecular weight excluding hydrogens is 336 g/mol. The lowest BCUT2D eigenvalue weighted by Crippen LogP contribution is -2.49. The number of β-amino-alcohol motifs (C(OH)–C–C–N with tert-alkyl or cyclic N) is 1. The summed E-state index contributed by atoms with van der Waals surface area (Å²) in [4.78, 5) is 2.12. The summed E-state index contributed by atoms with van der Waals surface area (Å²) in [6.07, 6.45) is -0.548. The van der Waals surface area contributed by atoms with Gasteiger partial charge in [0, 0.05) is 32.7 Å². The molecule has 2 aromatic rings. The second kappa shape index (κ2) is 8.10. The largest absolute Gasteiger partial charge is 0.387 e. The first kappa shape index (κ1) is 18.1. The van der Waals surface area contributed by atoms with Crippen LogP contribution < -0.4 is 0 Å². The summed E-state index contributed by atoms with van der Waals surface area (Å²) in [6, 6.07) is 18.8. The van der Waals surface area contributed by atoms with Crippen LogP contribution >= 0.6 is 0 Å². The first-order valence-corrected chi connectivity index (χ1v) is 10.1. The van der Waals surface area contributed by atoms with E-state index in [-0.39, 0.29) is 5.75 Å². The van der Waals surface area contributed by atoms with Gasteiger partial charge in [0.1, 0.15) is 0 Å². The second-order valence-corrected chi connectivity index (χ2v) is 8.34. The fraction of sp³-hybridized carbons (Fsp3) is 0.368. The fourth-order valence-corrected chi connectivity index (χ4v) is 4.61. The molecule has 0 amide bonds. The zero-order valence-corrected chi connectivity index (χ0v) is 15.0. The third-order valence-corrected chi connectivity index (χ3v) is 6.38. The van der Waals surface area contributed by atoms with E-state index < -0.39 is 16.1 Å². The Kier molecular flexibility index (Phi) is 5.86. The molecule has 1 N–H and O–H groups in total. The number of nitrogens with zero attached hydrogens (tertiary/aromatic N) is 2. The van der Waals surface area contributed by atoms with E-state index in [1.807, 2.05) is 60.7 Å². The van der Waals surface area contributed by atoms with Crippen molar-refractivity contribution in [3.63, 3.8) is 0 Å². The zero-order chi connectivity index (χ0) is 17.7. The van der Waals surface area contributed by atoms with Crippen molar-refractivity contribution in [2.45, 2.75) is 11.9 Å². The van der Waals surface area contributed by atoms with E-state index in [4.69, 9.17) is 0 Å². The normalized spacial score (nSPS) is 18.1. The van der Waals surface area contributed by atoms with E-state index in [0.717, 1.165) is 11.1 Å². The minimum Gasteiger partial charge on any atom is -0.387 e. The Morgan fingerprint density at radius 3 is 2.04 bits per heavy atom. The summed E-state index contributed by atoms with van der Waals surface area (Å²) >= 11 is 0. The second-order valence-electron chi connectivity index (χ2n) is 6.37. The van der Waals surface area contributed by atoms with Crippen molar-refractivity contribution in [1.82, 2.24) is 9.21 Å². The molecule has 1 fully saturated rings. The van der Waals surface area contributed by atoms with Crippen LogP contribution in [0.15, 0.2) is 60.7 Å². The highest BCUT2D eigenvalue weighted by molar-refractivity contribution is 7.88. The van der Waals surface area contributed by atoms with E-state index >= 15 is 0 Å². The number of sulfonamides is 1. The Bertz CT molecular complexity index is 758. The summed E-state index contributed by atoms with van der Waals surface area (Å²) in [6.45, 7) is 2.74. The van der Waals surface area contributed by atoms with Crippen LogP contribution in [0.2, 0.25) is 0 Å². The summed E-state index contributed by atoms with van der Waals surface area (Å²) < 4.78 is 26.7. The molecule has 25 heavy (non-hydrogen) atoms. The van der Waals surface area contributed by atoms with Gasteiger partial charge in [-0.05, 0) is 11.1 Å². The van der Waals surface area contributed by atoms with Gasteiger partial charge in [-0.3, -0.25) is 4.90 Å². The van der Waals surface area contributed by atoms with Gasteiger partial charge in [0.25, 0.3) is 0 Å². The van der Waals surface area contributed by atoms with Crippen LogP contribution in [0, 0.1) is 0 Å². The molecule has 1 aliphatic heterocycles. The van der Waals surface area contributed by atoms with Crippen LogP contribution in [0.1, 0.15) is 17.2 Å². The third kappa shape index (κ3) is 4.89. The Morgan fingerprint density at radius 2 is 1.44 bits per heavy atom. The summed E-state index contributed by atoms with van der Waals surface area (Å²) in [7, 11) is -3.30. The summed E-state index contributed by atoms with van der Waals surface area (Å²) in [5, 5.41) is 10.3. The van der Waals surface area contributed by atoms with Crippen LogP contribution in [0.3, 0.4) is 0 Å². The third-order valence-electron chi connectivity index (χ3n) is 4.53. The molecule has 1 heterocycles. The maximum atomic E-state index is 12.6. The molecule has 0 unspecified atom stereocenters. The van der Waals surface area contributed by atoms with Crippen molar-refractivity contribution in [2.75, 3.05) is 32.7 Å². The van der Waals surface area contributed by atoms with Crippen LogP contribution in [-0.2, 0) is 15.8 Å². The van der Waals surface area contributed by atoms with Crippen molar-refractivity contribution >= 4 is 10.0 Å². The summed E-state index contributed by atoms with van der Waals surface area (Å²) in [5.74, 6) is 0.0421. The van der Waals surface area contributed by atoms with Crippen LogP contribution in [-0.4, -0.2) is 55.5 Å². The molecule has 5 nitrogen and oxygen atoms in total. The van der Waals surface area contributed by atoms with Gasteiger partial charge in [-0.25, -0.2) is 8.42 Å². The molecule has 0 radical (unpaired) electrons. The number of aliphatic hydroxyl groups is 1. The lowest BCUT2D eigenvalue weighted by Gasteiger charge is -2.35. The highest BCUT2D eigenvalue weighted by Crippen LogP contribution is 2.17. The number of hydrogen-bond acceptors (Lipinski definition) is 4. The van der Waals surface area contributed by atoms with Gasteiger partial charge >= 0.3 is 0 Å². The molecule has 0 aromatic heterocycles. The minimum absolute atomic E-state index is 0.0421. The fourth-order valence-electron chi connectivity index (χ4n) is 3.09. The van der Waals surface area contributed by atoms with E-state index in [0.29, 0.717) is 32.7 Å². The van der Waals surface area contributed by atoms with E-state index in [1.165, 1.54) is 0 Å². The van der Waals surface area contributed by atoms with Crippen LogP contribution in [0.5, 0.6) is 0 Å². The van der Waals surface area contributed by atoms with Crippen molar-refractivity contribution < 1.29 is 13.5 Å². The molecule has 1 atom stereocenters. The first-order chi connectivity index (χ1) is 12.0. The quantitative estimate of drug-likeness (QED) is 0.854. The van der Waals surface area contributed by atoms with Gasteiger partial charge in [-0.2, -0.15) is 4.31 Å². The first-order valence-electron chi connectivity index (χ1n) is 8.52. The Morgan fingerprint density at radius 1 is 0.880 bits per heavy atom. The molecule has 6 heteroatoms. The monoisotopic (exact) mass is 360 g/mol. The highest BCUT2D eigenvalue weighted by Gasteiger charge is 2.27. The smallest absolute Gasteiger partial charge is 0.218 e. The molecule has 0 bridgehead atoms. The van der Waals surface area contributed by atoms with Gasteiger partial charge in [-0.15, -0.1) is 0 Å². The molecule has 2 aromatic carbocycles. The van der Waals surface area contributed by atoms with Crippen molar-refractivity contribution in [2.24, 2.45) is 0 Å². The van der Waals surface area contributed by atoms with Gasteiger partial charge in [0.05, 0.1) is 11.9 Å². The maximum absolute atomic E-state index is 12.6. The predicted octanol–water partition coefficient (Wildman–Crippen LogP) is 1.87. The van der Waals surface area contributed by atoms with Crippen molar-refractivity contribution in [3.8, 4) is 0 Å². The van der Waals surface area contributed by atoms with Crippen molar-refractivity contribution in [1.29, 1.82) is 0 Å². The SMILES string of the molecule is O=S(=O)(Cc1ccccc1)N1CCN(C[C@@H](O)c2ccccc2)CC1. The average Bonchev–Trinajstić information content (AvgIpc) is 2.63. The summed E-state index contributed by atoms with van der Waals surface area (Å²) in [5.41, 5.74) is 1.70. The number of aliphatic hydroxyl groups excluding tert-OH is 1. The molecule has 134 valence electrons. The Hall–Kier alpha value is -1.73. The number of piperazine rings is 1. The standard InChI is InChI=1S/C19H24N2O3S/c22-19(18-9-5-2-6-10-18)15-20-11-13-21(14-12-20)25(23,24)16-17-7-3-1-4-8-17/h1-10,19,22H,11-16H2/t19-/m1/s1. The molecule has 1 aliphatic rings. The van der Waals surface area contributed by atoms with Gasteiger partial charge in [0.2, 0.25) is 10.0 Å². The molecule has 0 aliphatic carbocycles. The van der Waals surface area contributed by atoms with Crippen LogP contribution in [0.4, 0.5) is 0 Å². The molecule has 3 rings (SSSR count). The Labute approximate surface area is 149 Å². The van der Waals surface area contributed by atoms with E-state index in [9.17, 15) is 13.5 Å². The van der Waals surface area contributed by atoms with Crippen molar-refractivity contribution in [3.05, 3.63) is 71.8 Å². The van der Waals surface area contributed by atoms with E-state index in [1.54, 1.807) is 4.31 Å². The lowest BCUT2D eigenvalue weighted by molar-refractivity contribution is 0.0921. The predicted molar refractivity (Wildman–Crippen MR) is 98.5 cm³/mol. The zero-order valence-electron chi connectivity index (χ0n) is 14.2. The van der Waals surface area contributed by atoms with Gasteiger partial charge in [0.15, 0.2) is 0 Å². The van der Waals surface area contributed by atoms with Gasteiger partial charge < -0.3 is 5.11 Å². The molecule has 1 saturated heterocycles. The van der Waals surface area contributed by atoms with Crippen LogP contribution in [0.25, 0.3) is 0 Å². The minimum atomic E-state index is -3.30. The maximum Gasteiger partial charge on any atom is 0.218 e. The molecule has 0 saturated carbocycles. The number of rotatable bonds is 6. The molecule has 0 spiro atoms. The lowest BCUT2D eigenvalue weighted by atomic mass is 10.1. The van der Waals surface area contributed by atoms with Gasteiger partial charge in [-0.1, -0.05) is 60.7 Å².